The average molecular weight is 217 g/mol. The minimum Gasteiger partial charge on any atom is -0.379 e. The van der Waals surface area contributed by atoms with Crippen LogP contribution in [0, 0.1) is 0 Å². The Bertz CT molecular complexity index is 166. The molecule has 3 atom stereocenters. The molecule has 0 heterocycles. The van der Waals surface area contributed by atoms with Gasteiger partial charge in [0, 0.05) is 19.3 Å². The van der Waals surface area contributed by atoms with Gasteiger partial charge in [0.25, 0.3) is 0 Å². The molecule has 90 valence electrons. The summed E-state index contributed by atoms with van der Waals surface area (Å²) >= 11 is 0. The van der Waals surface area contributed by atoms with Gasteiger partial charge in [-0.25, -0.2) is 0 Å². The molecule has 2 N–H and O–H groups in total. The highest BCUT2D eigenvalue weighted by molar-refractivity contribution is 4.95. The molecular weight excluding hydrogens is 194 g/mol. The van der Waals surface area contributed by atoms with E-state index in [0.29, 0.717) is 13.2 Å². The van der Waals surface area contributed by atoms with Gasteiger partial charge in [0.15, 0.2) is 0 Å². The molecule has 1 saturated carbocycles. The lowest BCUT2D eigenvalue weighted by molar-refractivity contribution is -0.145. The molecule has 15 heavy (non-hydrogen) atoms. The van der Waals surface area contributed by atoms with Gasteiger partial charge in [-0.2, -0.15) is 0 Å². The van der Waals surface area contributed by atoms with Crippen molar-refractivity contribution in [3.05, 3.63) is 0 Å². The zero-order valence-electron chi connectivity index (χ0n) is 9.78. The first-order valence-electron chi connectivity index (χ1n) is 5.86. The van der Waals surface area contributed by atoms with Gasteiger partial charge in [-0.3, -0.25) is 0 Å². The molecule has 1 fully saturated rings. The summed E-state index contributed by atoms with van der Waals surface area (Å²) in [6.07, 6.45) is 2.19. The summed E-state index contributed by atoms with van der Waals surface area (Å²) in [5, 5.41) is 0. The van der Waals surface area contributed by atoms with Crippen molar-refractivity contribution in [2.75, 3.05) is 26.4 Å². The monoisotopic (exact) mass is 217 g/mol. The van der Waals surface area contributed by atoms with Crippen LogP contribution in [-0.2, 0) is 14.2 Å². The van der Waals surface area contributed by atoms with Crippen LogP contribution in [0.5, 0.6) is 0 Å². The van der Waals surface area contributed by atoms with Gasteiger partial charge in [-0.1, -0.05) is 6.92 Å². The van der Waals surface area contributed by atoms with Crippen LogP contribution in [0.4, 0.5) is 0 Å². The van der Waals surface area contributed by atoms with Crippen molar-refractivity contribution in [1.82, 2.24) is 0 Å². The van der Waals surface area contributed by atoms with Gasteiger partial charge in [0.05, 0.1) is 25.4 Å². The van der Waals surface area contributed by atoms with Crippen molar-refractivity contribution in [1.29, 1.82) is 0 Å². The normalized spacial score (nSPS) is 30.2. The van der Waals surface area contributed by atoms with Gasteiger partial charge >= 0.3 is 0 Å². The third-order valence-electron chi connectivity index (χ3n) is 2.57. The lowest BCUT2D eigenvalue weighted by Crippen LogP contribution is -2.58. The van der Waals surface area contributed by atoms with Crippen molar-refractivity contribution in [2.45, 2.75) is 44.9 Å². The van der Waals surface area contributed by atoms with Crippen LogP contribution in [0.25, 0.3) is 0 Å². The second kappa shape index (κ2) is 7.17. The molecule has 3 unspecified atom stereocenters. The number of hydrogen-bond acceptors (Lipinski definition) is 4. The van der Waals surface area contributed by atoms with E-state index in [1.54, 1.807) is 0 Å². The van der Waals surface area contributed by atoms with Gasteiger partial charge in [0.1, 0.15) is 0 Å². The lowest BCUT2D eigenvalue weighted by Gasteiger charge is -2.41. The predicted molar refractivity (Wildman–Crippen MR) is 58.9 cm³/mol. The second-order valence-electron chi connectivity index (χ2n) is 3.84. The maximum Gasteiger partial charge on any atom is 0.0988 e. The second-order valence-corrected chi connectivity index (χ2v) is 3.84. The Kier molecular flexibility index (Phi) is 6.17. The van der Waals surface area contributed by atoms with Crippen LogP contribution in [0.2, 0.25) is 0 Å². The molecule has 0 aromatic rings. The summed E-state index contributed by atoms with van der Waals surface area (Å²) in [6.45, 7) is 6.87. The van der Waals surface area contributed by atoms with Crippen LogP contribution in [0.1, 0.15) is 26.7 Å². The third kappa shape index (κ3) is 4.07. The highest BCUT2D eigenvalue weighted by Crippen LogP contribution is 2.25. The first-order chi connectivity index (χ1) is 7.29. The number of hydrogen-bond donors (Lipinski definition) is 1. The third-order valence-corrected chi connectivity index (χ3v) is 2.57. The van der Waals surface area contributed by atoms with Crippen molar-refractivity contribution < 1.29 is 14.2 Å². The maximum absolute atomic E-state index is 5.85. The number of ether oxygens (including phenoxy) is 3. The Balaban J connectivity index is 2.08. The summed E-state index contributed by atoms with van der Waals surface area (Å²) in [5.41, 5.74) is 5.85. The van der Waals surface area contributed by atoms with Gasteiger partial charge in [-0.15, -0.1) is 0 Å². The van der Waals surface area contributed by atoms with Crippen LogP contribution >= 0.6 is 0 Å². The highest BCUT2D eigenvalue weighted by Gasteiger charge is 2.40. The van der Waals surface area contributed by atoms with E-state index < -0.39 is 0 Å². The Morgan fingerprint density at radius 1 is 1.13 bits per heavy atom. The molecule has 0 radical (unpaired) electrons. The van der Waals surface area contributed by atoms with Crippen molar-refractivity contribution in [2.24, 2.45) is 5.73 Å². The van der Waals surface area contributed by atoms with Crippen LogP contribution < -0.4 is 5.73 Å². The van der Waals surface area contributed by atoms with Crippen molar-refractivity contribution in [3.63, 3.8) is 0 Å². The summed E-state index contributed by atoms with van der Waals surface area (Å²) in [6, 6.07) is 0.147. The molecule has 4 nitrogen and oxygen atoms in total. The Morgan fingerprint density at radius 3 is 2.53 bits per heavy atom. The molecule has 0 aromatic carbocycles. The highest BCUT2D eigenvalue weighted by atomic mass is 16.6. The first kappa shape index (κ1) is 12.9. The molecule has 0 amide bonds. The topological polar surface area (TPSA) is 53.7 Å². The van der Waals surface area contributed by atoms with Crippen LogP contribution in [0.15, 0.2) is 0 Å². The van der Waals surface area contributed by atoms with Crippen LogP contribution in [-0.4, -0.2) is 44.7 Å². The van der Waals surface area contributed by atoms with Crippen molar-refractivity contribution >= 4 is 0 Å². The minimum absolute atomic E-state index is 0.0894. The first-order valence-corrected chi connectivity index (χ1v) is 5.86. The molecule has 0 aromatic heterocycles. The van der Waals surface area contributed by atoms with Gasteiger partial charge < -0.3 is 19.9 Å². The lowest BCUT2D eigenvalue weighted by atomic mass is 9.86. The molecule has 0 spiro atoms. The molecule has 4 heteroatoms. The van der Waals surface area contributed by atoms with E-state index in [2.05, 4.69) is 6.92 Å². The average Bonchev–Trinajstić information content (AvgIpc) is 2.23. The summed E-state index contributed by atoms with van der Waals surface area (Å²) in [7, 11) is 0. The molecule has 0 aliphatic heterocycles. The van der Waals surface area contributed by atoms with E-state index in [-0.39, 0.29) is 18.2 Å². The number of nitrogens with two attached hydrogens (primary N) is 1. The SMILES string of the molecule is CCCOC1C(N)CC1OCCOCC. The molecule has 0 bridgehead atoms. The zero-order valence-corrected chi connectivity index (χ0v) is 9.78. The Morgan fingerprint density at radius 2 is 1.93 bits per heavy atom. The fraction of sp³-hybridized carbons (Fsp3) is 1.00. The van der Waals surface area contributed by atoms with Gasteiger partial charge in [-0.05, 0) is 19.8 Å². The molecule has 1 rings (SSSR count). The number of rotatable bonds is 8. The van der Waals surface area contributed by atoms with E-state index in [9.17, 15) is 0 Å². The largest absolute Gasteiger partial charge is 0.379 e. The smallest absolute Gasteiger partial charge is 0.0988 e. The quantitative estimate of drug-likeness (QED) is 0.615. The fourth-order valence-corrected chi connectivity index (χ4v) is 1.67. The van der Waals surface area contributed by atoms with E-state index >= 15 is 0 Å². The molecular formula is C11H23NO3. The summed E-state index contributed by atoms with van der Waals surface area (Å²) in [5.74, 6) is 0. The van der Waals surface area contributed by atoms with E-state index in [1.807, 2.05) is 6.92 Å². The van der Waals surface area contributed by atoms with E-state index in [4.69, 9.17) is 19.9 Å². The van der Waals surface area contributed by atoms with Crippen molar-refractivity contribution in [3.8, 4) is 0 Å². The van der Waals surface area contributed by atoms with Crippen LogP contribution in [0.3, 0.4) is 0 Å². The minimum atomic E-state index is 0.0894. The standard InChI is InChI=1S/C11H23NO3/c1-3-5-15-11-9(12)8-10(11)14-7-6-13-4-2/h9-11H,3-8,12H2,1-2H3. The Hall–Kier alpha value is -0.160. The molecule has 1 aliphatic carbocycles. The summed E-state index contributed by atoms with van der Waals surface area (Å²) in [4.78, 5) is 0. The maximum atomic E-state index is 5.85. The van der Waals surface area contributed by atoms with E-state index in [1.165, 1.54) is 0 Å². The predicted octanol–water partition coefficient (Wildman–Crippen LogP) is 0.934. The summed E-state index contributed by atoms with van der Waals surface area (Å²) < 4.78 is 16.4. The molecule has 1 aliphatic rings. The van der Waals surface area contributed by atoms with Gasteiger partial charge in [0.2, 0.25) is 0 Å². The molecule has 0 saturated heterocycles. The Labute approximate surface area is 92.1 Å². The zero-order chi connectivity index (χ0) is 11.1. The van der Waals surface area contributed by atoms with E-state index in [0.717, 1.165) is 26.1 Å². The fourth-order valence-electron chi connectivity index (χ4n) is 1.67.